The van der Waals surface area contributed by atoms with Gasteiger partial charge >= 0.3 is 59.5 Å². The lowest BCUT2D eigenvalue weighted by Crippen LogP contribution is -2.76. The Labute approximate surface area is 170 Å². The summed E-state index contributed by atoms with van der Waals surface area (Å²) in [5.74, 6) is -77.6. The van der Waals surface area contributed by atoms with Crippen LogP contribution in [0.1, 0.15) is 6.42 Å². The van der Waals surface area contributed by atoms with Crippen molar-refractivity contribution in [3.05, 3.63) is 6.67 Å². The molecule has 0 fully saturated rings. The van der Waals surface area contributed by atoms with Crippen molar-refractivity contribution in [3.8, 4) is 0 Å². The molecular formula is C12H3F22. The monoisotopic (exact) mass is 565 g/mol. The first-order valence-corrected chi connectivity index (χ1v) is 7.20. The summed E-state index contributed by atoms with van der Waals surface area (Å²) in [4.78, 5) is 0. The SMILES string of the molecule is F[CH]CC(F)(F)C(F)(F)C(F)(F)C(F)(F)C(F)(F)C(F)(F)C(F)(F)C(F)(F)C(F)(F)C(F)(F)F. The predicted molar refractivity (Wildman–Crippen MR) is 60.6 cm³/mol. The first kappa shape index (κ1) is 32.5. The quantitative estimate of drug-likeness (QED) is 0.238. The molecule has 0 bridgehead atoms. The fourth-order valence-corrected chi connectivity index (χ4v) is 1.82. The first-order chi connectivity index (χ1) is 14.3. The number of hydrogen-bond acceptors (Lipinski definition) is 0. The molecule has 0 saturated carbocycles. The Hall–Kier alpha value is -1.54. The number of halogens is 22. The molecular weight excluding hydrogens is 562 g/mol. The van der Waals surface area contributed by atoms with Gasteiger partial charge < -0.3 is 0 Å². The van der Waals surface area contributed by atoms with Crippen molar-refractivity contribution in [2.75, 3.05) is 0 Å². The normalized spacial score (nSPS) is 16.8. The summed E-state index contributed by atoms with van der Waals surface area (Å²) in [5.41, 5.74) is 0. The van der Waals surface area contributed by atoms with Crippen molar-refractivity contribution in [3.63, 3.8) is 0 Å². The predicted octanol–water partition coefficient (Wildman–Crippen LogP) is 7.79. The number of rotatable bonds is 10. The molecule has 0 aromatic carbocycles. The van der Waals surface area contributed by atoms with Gasteiger partial charge in [-0.15, -0.1) is 0 Å². The third kappa shape index (κ3) is 3.80. The zero-order valence-corrected chi connectivity index (χ0v) is 14.6. The molecule has 0 aliphatic heterocycles. The third-order valence-corrected chi connectivity index (χ3v) is 3.91. The number of hydrogen-bond donors (Lipinski definition) is 0. The van der Waals surface area contributed by atoms with Crippen molar-refractivity contribution in [2.24, 2.45) is 0 Å². The second-order valence-electron chi connectivity index (χ2n) is 6.16. The van der Waals surface area contributed by atoms with Gasteiger partial charge in [0.15, 0.2) is 0 Å². The van der Waals surface area contributed by atoms with E-state index in [-0.39, 0.29) is 0 Å². The van der Waals surface area contributed by atoms with Crippen molar-refractivity contribution in [1.82, 2.24) is 0 Å². The van der Waals surface area contributed by atoms with Crippen LogP contribution in [0.4, 0.5) is 96.6 Å². The molecule has 0 nitrogen and oxygen atoms in total. The molecule has 0 heterocycles. The molecule has 22 heteroatoms. The highest BCUT2D eigenvalue weighted by molar-refractivity contribution is 5.18. The Balaban J connectivity index is 7.01. The van der Waals surface area contributed by atoms with Gasteiger partial charge in [-0.1, -0.05) is 0 Å². The standard InChI is InChI=1S/C12H3F22/c13-2-1-3(14,15)4(16,17)5(18,19)6(20,21)7(22,23)8(24,25)9(26,27)10(28,29)11(30,31)12(32,33)34/h2H,1H2. The van der Waals surface area contributed by atoms with Gasteiger partial charge in [0, 0.05) is 0 Å². The van der Waals surface area contributed by atoms with E-state index in [0.29, 0.717) is 0 Å². The van der Waals surface area contributed by atoms with E-state index < -0.39 is 72.6 Å². The van der Waals surface area contributed by atoms with Crippen LogP contribution < -0.4 is 0 Å². The molecule has 0 rings (SSSR count). The lowest BCUT2D eigenvalue weighted by Gasteiger charge is -2.44. The van der Waals surface area contributed by atoms with Gasteiger partial charge in [0.1, 0.15) is 6.67 Å². The highest BCUT2D eigenvalue weighted by atomic mass is 19.4. The molecule has 0 unspecified atom stereocenters. The van der Waals surface area contributed by atoms with Crippen LogP contribution in [0.3, 0.4) is 0 Å². The smallest absolute Gasteiger partial charge is 0.244 e. The van der Waals surface area contributed by atoms with E-state index in [4.69, 9.17) is 0 Å². The Morgan fingerprint density at radius 2 is 0.529 bits per heavy atom. The molecule has 0 atom stereocenters. The molecule has 0 aromatic rings. The average Bonchev–Trinajstić information content (AvgIpc) is 2.59. The average molecular weight is 565 g/mol. The topological polar surface area (TPSA) is 0 Å². The van der Waals surface area contributed by atoms with Gasteiger partial charge in [0.05, 0.1) is 6.42 Å². The van der Waals surface area contributed by atoms with Crippen molar-refractivity contribution < 1.29 is 96.6 Å². The van der Waals surface area contributed by atoms with Crippen molar-refractivity contribution >= 4 is 0 Å². The van der Waals surface area contributed by atoms with E-state index in [9.17, 15) is 96.6 Å². The Morgan fingerprint density at radius 3 is 0.735 bits per heavy atom. The van der Waals surface area contributed by atoms with E-state index >= 15 is 0 Å². The van der Waals surface area contributed by atoms with Crippen LogP contribution in [0.15, 0.2) is 0 Å². The van der Waals surface area contributed by atoms with E-state index in [2.05, 4.69) is 0 Å². The highest BCUT2D eigenvalue weighted by Gasteiger charge is 2.97. The van der Waals surface area contributed by atoms with Crippen molar-refractivity contribution in [2.45, 2.75) is 65.9 Å². The lowest BCUT2D eigenvalue weighted by molar-refractivity contribution is -0.474. The Kier molecular flexibility index (Phi) is 7.62. The molecule has 0 spiro atoms. The van der Waals surface area contributed by atoms with Crippen LogP contribution in [0.25, 0.3) is 0 Å². The summed E-state index contributed by atoms with van der Waals surface area (Å²) in [5, 5.41) is 0. The van der Waals surface area contributed by atoms with Gasteiger partial charge in [0.25, 0.3) is 0 Å². The van der Waals surface area contributed by atoms with Crippen molar-refractivity contribution in [1.29, 1.82) is 0 Å². The van der Waals surface area contributed by atoms with Crippen LogP contribution in [-0.2, 0) is 0 Å². The largest absolute Gasteiger partial charge is 0.460 e. The van der Waals surface area contributed by atoms with Crippen LogP contribution in [0.5, 0.6) is 0 Å². The molecule has 0 aliphatic carbocycles. The summed E-state index contributed by atoms with van der Waals surface area (Å²) < 4.78 is 283. The second-order valence-corrected chi connectivity index (χ2v) is 6.16. The first-order valence-electron chi connectivity index (χ1n) is 7.20. The van der Waals surface area contributed by atoms with Gasteiger partial charge in [-0.05, 0) is 0 Å². The molecule has 205 valence electrons. The zero-order valence-electron chi connectivity index (χ0n) is 14.6. The van der Waals surface area contributed by atoms with Gasteiger partial charge in [-0.25, -0.2) is 4.39 Å². The maximum absolute atomic E-state index is 13.3. The third-order valence-electron chi connectivity index (χ3n) is 3.91. The van der Waals surface area contributed by atoms with E-state index in [1.807, 2.05) is 0 Å². The summed E-state index contributed by atoms with van der Waals surface area (Å²) in [7, 11) is 0. The van der Waals surface area contributed by atoms with Crippen LogP contribution in [-0.4, -0.2) is 59.5 Å². The summed E-state index contributed by atoms with van der Waals surface area (Å²) in [6.07, 6.45) is -11.4. The van der Waals surface area contributed by atoms with Gasteiger partial charge in [-0.2, -0.15) is 92.2 Å². The Morgan fingerprint density at radius 1 is 0.324 bits per heavy atom. The lowest BCUT2D eigenvalue weighted by atomic mass is 9.86. The van der Waals surface area contributed by atoms with Crippen LogP contribution >= 0.6 is 0 Å². The zero-order chi connectivity index (χ0) is 28.4. The van der Waals surface area contributed by atoms with Crippen LogP contribution in [0.2, 0.25) is 0 Å². The van der Waals surface area contributed by atoms with Crippen LogP contribution in [0, 0.1) is 6.67 Å². The van der Waals surface area contributed by atoms with E-state index in [0.717, 1.165) is 0 Å². The molecule has 0 amide bonds. The molecule has 0 saturated heterocycles. The minimum absolute atomic E-state index is 1.69. The van der Waals surface area contributed by atoms with E-state index in [1.54, 1.807) is 0 Å². The summed E-state index contributed by atoms with van der Waals surface area (Å²) >= 11 is 0. The fraction of sp³-hybridized carbons (Fsp3) is 0.917. The molecule has 1 radical (unpaired) electrons. The van der Waals surface area contributed by atoms with E-state index in [1.165, 1.54) is 0 Å². The fourth-order valence-electron chi connectivity index (χ4n) is 1.82. The van der Waals surface area contributed by atoms with Gasteiger partial charge in [-0.3, -0.25) is 0 Å². The molecule has 34 heavy (non-hydrogen) atoms. The minimum atomic E-state index is -9.21. The van der Waals surface area contributed by atoms with Gasteiger partial charge in [0.2, 0.25) is 0 Å². The minimum Gasteiger partial charge on any atom is -0.244 e. The molecule has 0 aliphatic rings. The maximum Gasteiger partial charge on any atom is 0.460 e. The Bertz CT molecular complexity index is 725. The highest BCUT2D eigenvalue weighted by Crippen LogP contribution is 2.66. The summed E-state index contributed by atoms with van der Waals surface area (Å²) in [6.45, 7) is -1.69. The summed E-state index contributed by atoms with van der Waals surface area (Å²) in [6, 6.07) is 0. The number of alkyl halides is 21. The molecule has 0 N–H and O–H groups in total. The maximum atomic E-state index is 13.3. The second kappa shape index (κ2) is 7.99. The molecule has 0 aromatic heterocycles.